The number of hydrogen-bond acceptors (Lipinski definition) is 9. The molecule has 0 aliphatic rings. The zero-order valence-electron chi connectivity index (χ0n) is 18.8. The molecule has 3 aromatic carbocycles. The molecule has 4 aromatic rings. The van der Waals surface area contributed by atoms with E-state index in [1.165, 1.54) is 26.0 Å². The van der Waals surface area contributed by atoms with Crippen LogP contribution in [0.1, 0.15) is 15.9 Å². The van der Waals surface area contributed by atoms with Gasteiger partial charge in [-0.05, 0) is 36.4 Å². The molecule has 0 fully saturated rings. The van der Waals surface area contributed by atoms with Crippen LogP contribution < -0.4 is 14.2 Å². The maximum atomic E-state index is 12.5. The quantitative estimate of drug-likeness (QED) is 0.128. The van der Waals surface area contributed by atoms with Crippen molar-refractivity contribution in [1.82, 2.24) is 4.98 Å². The average Bonchev–Trinajstić information content (AvgIpc) is 3.31. The fraction of sp³-hybridized carbons (Fsp3) is 0.160. The van der Waals surface area contributed by atoms with Crippen molar-refractivity contribution in [2.45, 2.75) is 4.34 Å². The second kappa shape index (κ2) is 11.0. The van der Waals surface area contributed by atoms with E-state index < -0.39 is 5.97 Å². The fourth-order valence-electron chi connectivity index (χ4n) is 3.25. The Morgan fingerprint density at radius 1 is 0.912 bits per heavy atom. The lowest BCUT2D eigenvalue weighted by molar-refractivity contribution is 0.0516. The predicted molar refractivity (Wildman–Crippen MR) is 135 cm³/mol. The lowest BCUT2D eigenvalue weighted by Crippen LogP contribution is -2.11. The Morgan fingerprint density at radius 3 is 2.35 bits per heavy atom. The lowest BCUT2D eigenvalue weighted by atomic mass is 10.1. The molecule has 0 unspecified atom stereocenters. The van der Waals surface area contributed by atoms with Crippen LogP contribution in [0.4, 0.5) is 0 Å². The lowest BCUT2D eigenvalue weighted by Gasteiger charge is -2.16. The number of hydrogen-bond donors (Lipinski definition) is 0. The summed E-state index contributed by atoms with van der Waals surface area (Å²) in [5, 5.41) is 4.23. The summed E-state index contributed by atoms with van der Waals surface area (Å²) < 4.78 is 18.5. The highest BCUT2D eigenvalue weighted by molar-refractivity contribution is 8.01. The second-order valence-electron chi connectivity index (χ2n) is 6.90. The molecule has 0 aliphatic carbocycles. The SMILES string of the molecule is COc1ccc(/C(CSc2nc3ccccc3s2)=N/OC(=O)c2ccccc2)c(OC)c1OC. The summed E-state index contributed by atoms with van der Waals surface area (Å²) in [7, 11) is 4.62. The Balaban J connectivity index is 1.68. The van der Waals surface area contributed by atoms with E-state index in [-0.39, 0.29) is 0 Å². The number of rotatable bonds is 9. The number of methoxy groups -OCH3 is 3. The number of oxime groups is 1. The van der Waals surface area contributed by atoms with Crippen molar-refractivity contribution < 1.29 is 23.8 Å². The standard InChI is InChI=1S/C25H22N2O5S2/c1-29-20-14-13-17(22(30-2)23(20)31-3)19(27-32-24(28)16-9-5-4-6-10-16)15-33-25-26-18-11-7-8-12-21(18)34-25/h4-14H,15H2,1-3H3/b27-19+. The summed E-state index contributed by atoms with van der Waals surface area (Å²) >= 11 is 3.09. The molecule has 34 heavy (non-hydrogen) atoms. The normalized spacial score (nSPS) is 11.3. The van der Waals surface area contributed by atoms with Crippen LogP contribution >= 0.6 is 23.1 Å². The molecule has 9 heteroatoms. The van der Waals surface area contributed by atoms with E-state index in [4.69, 9.17) is 19.0 Å². The topological polar surface area (TPSA) is 79.2 Å². The molecule has 7 nitrogen and oxygen atoms in total. The number of carbonyl (C=O) groups excluding carboxylic acids is 1. The first-order valence-corrected chi connectivity index (χ1v) is 12.1. The third-order valence-corrected chi connectivity index (χ3v) is 7.06. The van der Waals surface area contributed by atoms with E-state index in [9.17, 15) is 4.79 Å². The maximum Gasteiger partial charge on any atom is 0.365 e. The third-order valence-electron chi connectivity index (χ3n) is 4.87. The average molecular weight is 495 g/mol. The van der Waals surface area contributed by atoms with Gasteiger partial charge in [-0.25, -0.2) is 9.78 Å². The largest absolute Gasteiger partial charge is 0.493 e. The fourth-order valence-corrected chi connectivity index (χ4v) is 5.26. The van der Waals surface area contributed by atoms with Crippen LogP contribution in [0.25, 0.3) is 10.2 Å². The zero-order valence-corrected chi connectivity index (χ0v) is 20.4. The molecule has 0 amide bonds. The molecule has 0 saturated heterocycles. The summed E-state index contributed by atoms with van der Waals surface area (Å²) in [5.41, 5.74) is 2.46. The first-order valence-electron chi connectivity index (χ1n) is 10.3. The molecule has 0 radical (unpaired) electrons. The van der Waals surface area contributed by atoms with Gasteiger partial charge in [0.2, 0.25) is 5.75 Å². The van der Waals surface area contributed by atoms with Gasteiger partial charge in [0.05, 0.1) is 37.1 Å². The number of ether oxygens (including phenoxy) is 3. The minimum atomic E-state index is -0.553. The summed E-state index contributed by atoms with van der Waals surface area (Å²) in [6, 6.07) is 20.2. The number of para-hydroxylation sites is 1. The van der Waals surface area contributed by atoms with Crippen LogP contribution in [0.2, 0.25) is 0 Å². The van der Waals surface area contributed by atoms with Gasteiger partial charge < -0.3 is 19.0 Å². The van der Waals surface area contributed by atoms with Gasteiger partial charge in [0.1, 0.15) is 5.71 Å². The van der Waals surface area contributed by atoms with E-state index in [1.807, 2.05) is 30.3 Å². The van der Waals surface area contributed by atoms with Crippen molar-refractivity contribution in [2.24, 2.45) is 5.16 Å². The van der Waals surface area contributed by atoms with Crippen molar-refractivity contribution in [3.63, 3.8) is 0 Å². The maximum absolute atomic E-state index is 12.5. The van der Waals surface area contributed by atoms with E-state index >= 15 is 0 Å². The van der Waals surface area contributed by atoms with Gasteiger partial charge in [0.15, 0.2) is 15.8 Å². The van der Waals surface area contributed by atoms with E-state index in [2.05, 4.69) is 10.1 Å². The van der Waals surface area contributed by atoms with Crippen LogP contribution in [-0.2, 0) is 4.84 Å². The first kappa shape index (κ1) is 23.6. The van der Waals surface area contributed by atoms with E-state index in [1.54, 1.807) is 54.8 Å². The molecule has 0 spiro atoms. The first-order chi connectivity index (χ1) is 16.6. The molecule has 0 atom stereocenters. The van der Waals surface area contributed by atoms with Crippen molar-refractivity contribution in [3.8, 4) is 17.2 Å². The van der Waals surface area contributed by atoms with Crippen molar-refractivity contribution in [1.29, 1.82) is 0 Å². The summed E-state index contributed by atoms with van der Waals surface area (Å²) in [6.07, 6.45) is 0. The van der Waals surface area contributed by atoms with Crippen molar-refractivity contribution >= 4 is 45.0 Å². The van der Waals surface area contributed by atoms with Gasteiger partial charge in [-0.1, -0.05) is 47.2 Å². The summed E-state index contributed by atoms with van der Waals surface area (Å²) in [5.74, 6) is 1.20. The number of nitrogens with zero attached hydrogens (tertiary/aromatic N) is 2. The number of benzene rings is 3. The molecule has 174 valence electrons. The molecule has 0 aliphatic heterocycles. The minimum Gasteiger partial charge on any atom is -0.493 e. The Hall–Kier alpha value is -3.56. The molecule has 4 rings (SSSR count). The Bertz CT molecular complexity index is 1290. The van der Waals surface area contributed by atoms with Gasteiger partial charge in [-0.2, -0.15) is 0 Å². The molecule has 1 heterocycles. The molecule has 0 bridgehead atoms. The van der Waals surface area contributed by atoms with Crippen LogP contribution in [0.15, 0.2) is 76.2 Å². The number of fused-ring (bicyclic) bond motifs is 1. The number of aromatic nitrogens is 1. The summed E-state index contributed by atoms with van der Waals surface area (Å²) in [4.78, 5) is 22.5. The van der Waals surface area contributed by atoms with Crippen molar-refractivity contribution in [3.05, 3.63) is 77.9 Å². The van der Waals surface area contributed by atoms with E-state index in [0.29, 0.717) is 39.8 Å². The summed E-state index contributed by atoms with van der Waals surface area (Å²) in [6.45, 7) is 0. The number of thioether (sulfide) groups is 1. The highest BCUT2D eigenvalue weighted by atomic mass is 32.2. The molecule has 1 aromatic heterocycles. The van der Waals surface area contributed by atoms with Crippen LogP contribution in [0, 0.1) is 0 Å². The number of carbonyl (C=O) groups is 1. The molecule has 0 saturated carbocycles. The van der Waals surface area contributed by atoms with Gasteiger partial charge in [0, 0.05) is 11.3 Å². The third kappa shape index (κ3) is 5.16. The smallest absolute Gasteiger partial charge is 0.365 e. The van der Waals surface area contributed by atoms with E-state index in [0.717, 1.165) is 14.6 Å². The van der Waals surface area contributed by atoms with Crippen LogP contribution in [0.5, 0.6) is 17.2 Å². The second-order valence-corrected chi connectivity index (χ2v) is 9.15. The molecular formula is C25H22N2O5S2. The minimum absolute atomic E-state index is 0.383. The van der Waals surface area contributed by atoms with Crippen LogP contribution in [0.3, 0.4) is 0 Å². The zero-order chi connectivity index (χ0) is 23.9. The Morgan fingerprint density at radius 2 is 1.65 bits per heavy atom. The Kier molecular flexibility index (Phi) is 7.66. The number of thiazole rings is 1. The predicted octanol–water partition coefficient (Wildman–Crippen LogP) is 5.68. The Labute approximate surface area is 205 Å². The monoisotopic (exact) mass is 494 g/mol. The van der Waals surface area contributed by atoms with Gasteiger partial charge in [-0.15, -0.1) is 11.3 Å². The highest BCUT2D eigenvalue weighted by Gasteiger charge is 2.21. The van der Waals surface area contributed by atoms with Crippen LogP contribution in [-0.4, -0.2) is 43.7 Å². The molecule has 0 N–H and O–H groups in total. The van der Waals surface area contributed by atoms with Gasteiger partial charge in [0.25, 0.3) is 0 Å². The van der Waals surface area contributed by atoms with Gasteiger partial charge in [-0.3, -0.25) is 0 Å². The van der Waals surface area contributed by atoms with Crippen molar-refractivity contribution in [2.75, 3.05) is 27.1 Å². The molecular weight excluding hydrogens is 472 g/mol. The van der Waals surface area contributed by atoms with Gasteiger partial charge >= 0.3 is 5.97 Å². The highest BCUT2D eigenvalue weighted by Crippen LogP contribution is 2.41.